The van der Waals surface area contributed by atoms with Gasteiger partial charge in [-0.1, -0.05) is 226 Å². The van der Waals surface area contributed by atoms with Crippen LogP contribution in [0, 0.1) is 31.4 Å². The van der Waals surface area contributed by atoms with Gasteiger partial charge in [-0.2, -0.15) is 35.9 Å². The monoisotopic (exact) mass is 1120 g/mol. The van der Waals surface area contributed by atoms with Crippen LogP contribution in [0.5, 0.6) is 11.5 Å². The first kappa shape index (κ1) is 37.7. The molecule has 0 amide bonds. The van der Waals surface area contributed by atoms with Crippen LogP contribution in [0.3, 0.4) is 0 Å². The average molecular weight is 1130 g/mol. The van der Waals surface area contributed by atoms with Crippen LogP contribution >= 0.6 is 0 Å². The van der Waals surface area contributed by atoms with E-state index in [1.807, 2.05) is 57.7 Å². The Bertz CT molecular complexity index is 4130. The Morgan fingerprint density at radius 1 is 0.690 bits per heavy atom. The zero-order chi connectivity index (χ0) is 54.3. The maximum Gasteiger partial charge on any atom is 4.00 e. The summed E-state index contributed by atoms with van der Waals surface area (Å²) in [7, 11) is -2.02. The first-order valence-corrected chi connectivity index (χ1v) is 26.3. The van der Waals surface area contributed by atoms with Gasteiger partial charge in [-0.3, -0.25) is 14.1 Å². The van der Waals surface area contributed by atoms with E-state index in [4.69, 9.17) is 20.7 Å². The molecule has 0 radical (unpaired) electrons. The van der Waals surface area contributed by atoms with E-state index in [0.717, 1.165) is 38.6 Å². The van der Waals surface area contributed by atoms with E-state index in [1.54, 1.807) is 12.3 Å². The number of pyridine rings is 1. The van der Waals surface area contributed by atoms with Crippen molar-refractivity contribution in [1.82, 2.24) is 14.1 Å². The molecule has 0 bridgehead atoms. The number of hydrogen-bond donors (Lipinski definition) is 0. The number of hydrogen-bond acceptors (Lipinski definition) is 2. The number of benzene rings is 8. The molecule has 0 N–H and O–H groups in total. The van der Waals surface area contributed by atoms with Crippen LogP contribution < -0.4 is 19.7 Å². The third-order valence-corrected chi connectivity index (χ3v) is 19.3. The molecule has 5 nitrogen and oxygen atoms in total. The summed E-state index contributed by atoms with van der Waals surface area (Å²) in [5.41, 5.74) is 7.37. The van der Waals surface area contributed by atoms with Crippen molar-refractivity contribution in [3.8, 4) is 50.9 Å². The Labute approximate surface area is 443 Å². The van der Waals surface area contributed by atoms with Crippen LogP contribution in [0.15, 0.2) is 188 Å². The van der Waals surface area contributed by atoms with Gasteiger partial charge in [0.05, 0.1) is 29.4 Å². The van der Waals surface area contributed by atoms with Crippen LogP contribution in [0.4, 0.5) is 0 Å². The Morgan fingerprint density at radius 2 is 1.44 bits per heavy atom. The number of aromatic nitrogens is 4. The maximum absolute atomic E-state index is 8.65. The summed E-state index contributed by atoms with van der Waals surface area (Å²) in [5, 5.41) is 4.69. The molecule has 4 heterocycles. The van der Waals surface area contributed by atoms with Crippen molar-refractivity contribution >= 4 is 51.3 Å². The van der Waals surface area contributed by atoms with Gasteiger partial charge in [0.15, 0.2) is 0 Å². The molecule has 3 aromatic heterocycles. The summed E-state index contributed by atoms with van der Waals surface area (Å²) in [5.74, 6) is 1.20. The van der Waals surface area contributed by atoms with Crippen molar-refractivity contribution in [2.75, 3.05) is 0 Å². The predicted molar refractivity (Wildman–Crippen MR) is 288 cm³/mol. The van der Waals surface area contributed by atoms with E-state index in [1.165, 1.54) is 65.0 Å². The molecule has 0 unspecified atom stereocenters. The third-order valence-electron chi connectivity index (χ3n) is 14.0. The molecule has 8 aromatic carbocycles. The zero-order valence-corrected chi connectivity index (χ0v) is 42.8. The standard InChI is InChI=1S/C64H53N4OSi.Pt/c1-45-40-48(32-34-53(45)46-20-8-5-9-21-46)68-58-29-13-12-26-55(58)56-35-33-49(42-61(56)68)69-50-36-37-65-62(43-50)66-44-67(60-31-15-14-30-59(60)66)63-54(27-19-28-57(63)64(2,3)4)47-22-18-25-52(41-47)70(38-16-7-17-39-70)51-23-10-6-11-24-51;/h5-6,8-15,18-31,33-37,40-41H,7,16-17,38-39H2,1-4H3;/q-3;+4/i1D3,5D,8D,9D,20D,21D;. The summed E-state index contributed by atoms with van der Waals surface area (Å²) in [4.78, 5) is 4.84. The Morgan fingerprint density at radius 3 is 2.25 bits per heavy atom. The Kier molecular flexibility index (Phi) is 10.0. The number of ether oxygens (including phenoxy) is 1. The Balaban J connectivity index is 0.00000660. The van der Waals surface area contributed by atoms with Crippen molar-refractivity contribution in [3.63, 3.8) is 0 Å². The summed E-state index contributed by atoms with van der Waals surface area (Å²) < 4.78 is 80.4. The second-order valence-corrected chi connectivity index (χ2v) is 23.6. The van der Waals surface area contributed by atoms with Crippen LogP contribution in [-0.2, 0) is 26.5 Å². The number of imidazole rings is 1. The molecule has 0 saturated carbocycles. The smallest absolute Gasteiger partial charge is 0.522 e. The third kappa shape index (κ3) is 8.37. The number of aryl methyl sites for hydroxylation is 1. The molecule has 1 fully saturated rings. The molecule has 7 heteroatoms. The number of fused-ring (bicyclic) bond motifs is 4. The van der Waals surface area contributed by atoms with Crippen LogP contribution in [0.1, 0.15) is 62.1 Å². The first-order valence-electron chi connectivity index (χ1n) is 27.9. The molecule has 1 aliphatic heterocycles. The molecule has 348 valence electrons. The largest absolute Gasteiger partial charge is 4.00 e. The SMILES string of the molecule is [2H]c1c([2H])c([2H])c(-c2c[c-]c(-n3c4[c-]c(Oc5[c-]c(-n6[c-][n+](-c7c(-c8cccc([Si]9(c%10ccccc%10)CCCCC9)c8)cccc7C(C)(C)C)c7ccccc76)ncc5)ccc4c4ccccc43)cc2C([2H])([2H])[2H])c([2H])c1[2H].[Pt+4]. The van der Waals surface area contributed by atoms with Gasteiger partial charge in [-0.25, -0.2) is 0 Å². The van der Waals surface area contributed by atoms with Crippen molar-refractivity contribution in [2.45, 2.75) is 64.4 Å². The van der Waals surface area contributed by atoms with E-state index in [2.05, 4.69) is 135 Å². The first-order chi connectivity index (χ1) is 37.5. The van der Waals surface area contributed by atoms with E-state index in [9.17, 15) is 0 Å². The van der Waals surface area contributed by atoms with Crippen molar-refractivity contribution in [2.24, 2.45) is 0 Å². The minimum Gasteiger partial charge on any atom is -0.522 e. The molecule has 1 saturated heterocycles. The van der Waals surface area contributed by atoms with E-state index >= 15 is 0 Å². The molecule has 0 spiro atoms. The summed E-state index contributed by atoms with van der Waals surface area (Å²) >= 11 is 0. The molecular weight excluding hydrogens is 1060 g/mol. The van der Waals surface area contributed by atoms with Gasteiger partial charge in [0.1, 0.15) is 8.07 Å². The quantitative estimate of drug-likeness (QED) is 0.0820. The zero-order valence-electron chi connectivity index (χ0n) is 47.6. The van der Waals surface area contributed by atoms with Gasteiger partial charge >= 0.3 is 21.1 Å². The Hall–Kier alpha value is -7.11. The van der Waals surface area contributed by atoms with Crippen LogP contribution in [-0.4, -0.2) is 22.2 Å². The fourth-order valence-electron chi connectivity index (χ4n) is 10.7. The van der Waals surface area contributed by atoms with E-state index in [-0.39, 0.29) is 43.2 Å². The van der Waals surface area contributed by atoms with Gasteiger partial charge in [-0.15, -0.1) is 29.1 Å². The fraction of sp³-hybridized carbons (Fsp3) is 0.156. The van der Waals surface area contributed by atoms with E-state index in [0.29, 0.717) is 28.5 Å². The van der Waals surface area contributed by atoms with Gasteiger partial charge in [0.25, 0.3) is 6.33 Å². The summed E-state index contributed by atoms with van der Waals surface area (Å²) in [6, 6.07) is 61.5. The van der Waals surface area contributed by atoms with Crippen LogP contribution in [0.25, 0.3) is 72.3 Å². The van der Waals surface area contributed by atoms with Gasteiger partial charge in [-0.05, 0) is 51.4 Å². The molecule has 1 aliphatic rings. The minimum atomic E-state index is -2.73. The molecular formula is C64H53N4OPtSi+. The molecule has 12 rings (SSSR count). The minimum absolute atomic E-state index is 0. The molecule has 0 aliphatic carbocycles. The average Bonchev–Trinajstić information content (AvgIpc) is 4.18. The second kappa shape index (κ2) is 18.9. The normalized spacial score (nSPS) is 15.4. The number of nitrogens with zero attached hydrogens (tertiary/aromatic N) is 4. The fourth-order valence-corrected chi connectivity index (χ4v) is 15.8. The van der Waals surface area contributed by atoms with E-state index < -0.39 is 45.1 Å². The van der Waals surface area contributed by atoms with Crippen molar-refractivity contribution < 1.29 is 41.3 Å². The summed E-state index contributed by atoms with van der Waals surface area (Å²) in [6.07, 6.45) is 9.22. The van der Waals surface area contributed by atoms with Crippen molar-refractivity contribution in [3.05, 3.63) is 224 Å². The van der Waals surface area contributed by atoms with Gasteiger partial charge < -0.3 is 9.30 Å². The maximum atomic E-state index is 8.65. The molecule has 0 atom stereocenters. The summed E-state index contributed by atoms with van der Waals surface area (Å²) in [6.45, 7) is 4.03. The van der Waals surface area contributed by atoms with Gasteiger partial charge in [0.2, 0.25) is 0 Å². The van der Waals surface area contributed by atoms with Crippen molar-refractivity contribution in [1.29, 1.82) is 0 Å². The molecule has 71 heavy (non-hydrogen) atoms. The second-order valence-electron chi connectivity index (χ2n) is 19.2. The molecule has 11 aromatic rings. The topological polar surface area (TPSA) is 35.9 Å². The predicted octanol–water partition coefficient (Wildman–Crippen LogP) is 14.1. The number of para-hydroxylation sites is 4. The van der Waals surface area contributed by atoms with Gasteiger partial charge in [0, 0.05) is 15.4 Å². The van der Waals surface area contributed by atoms with Crippen LogP contribution in [0.2, 0.25) is 12.1 Å². The number of rotatable bonds is 9.